The van der Waals surface area contributed by atoms with Crippen molar-refractivity contribution >= 4 is 11.7 Å². The van der Waals surface area contributed by atoms with Gasteiger partial charge < -0.3 is 10.6 Å². The van der Waals surface area contributed by atoms with Crippen molar-refractivity contribution < 1.29 is 4.79 Å². The van der Waals surface area contributed by atoms with Crippen molar-refractivity contribution in [3.8, 4) is 0 Å². The van der Waals surface area contributed by atoms with Gasteiger partial charge in [-0.3, -0.25) is 4.98 Å². The smallest absolute Gasteiger partial charge is 0.319 e. The molecular formula is C17H21N3O. The molecule has 0 fully saturated rings. The summed E-state index contributed by atoms with van der Waals surface area (Å²) in [7, 11) is 0. The summed E-state index contributed by atoms with van der Waals surface area (Å²) in [6.07, 6.45) is 1.72. The Labute approximate surface area is 125 Å². The summed E-state index contributed by atoms with van der Waals surface area (Å²) in [4.78, 5) is 16.4. The minimum absolute atomic E-state index is 0.141. The molecule has 1 aromatic heterocycles. The van der Waals surface area contributed by atoms with Gasteiger partial charge in [-0.2, -0.15) is 0 Å². The third kappa shape index (κ3) is 4.05. The van der Waals surface area contributed by atoms with Gasteiger partial charge in [-0.1, -0.05) is 38.1 Å². The molecule has 0 saturated heterocycles. The van der Waals surface area contributed by atoms with E-state index in [4.69, 9.17) is 0 Å². The molecule has 2 N–H and O–H groups in total. The zero-order valence-electron chi connectivity index (χ0n) is 12.6. The second kappa shape index (κ2) is 6.88. The lowest BCUT2D eigenvalue weighted by Gasteiger charge is -2.17. The van der Waals surface area contributed by atoms with Crippen molar-refractivity contribution in [3.63, 3.8) is 0 Å². The Bertz CT molecular complexity index is 596. The van der Waals surface area contributed by atoms with Crippen molar-refractivity contribution in [2.45, 2.75) is 32.7 Å². The zero-order valence-corrected chi connectivity index (χ0v) is 12.6. The van der Waals surface area contributed by atoms with Crippen molar-refractivity contribution in [2.75, 3.05) is 5.32 Å². The van der Waals surface area contributed by atoms with Crippen LogP contribution in [0, 0.1) is 0 Å². The van der Waals surface area contributed by atoms with Gasteiger partial charge in [0.25, 0.3) is 0 Å². The van der Waals surface area contributed by atoms with Gasteiger partial charge in [0, 0.05) is 11.9 Å². The lowest BCUT2D eigenvalue weighted by molar-refractivity contribution is 0.249. The van der Waals surface area contributed by atoms with Crippen LogP contribution in [-0.4, -0.2) is 11.0 Å². The third-order valence-corrected chi connectivity index (χ3v) is 3.31. The summed E-state index contributed by atoms with van der Waals surface area (Å²) in [5, 5.41) is 5.81. The second-order valence-electron chi connectivity index (χ2n) is 5.32. The first-order chi connectivity index (χ1) is 10.1. The average molecular weight is 283 g/mol. The number of benzene rings is 1. The first-order valence-corrected chi connectivity index (χ1v) is 7.15. The summed E-state index contributed by atoms with van der Waals surface area (Å²) in [5.41, 5.74) is 2.81. The molecule has 0 aliphatic heterocycles. The molecule has 0 saturated carbocycles. The molecule has 4 heteroatoms. The van der Waals surface area contributed by atoms with Crippen LogP contribution in [0.5, 0.6) is 0 Å². The van der Waals surface area contributed by atoms with E-state index in [2.05, 4.69) is 29.5 Å². The molecule has 1 atom stereocenters. The highest BCUT2D eigenvalue weighted by atomic mass is 16.2. The summed E-state index contributed by atoms with van der Waals surface area (Å²) in [6.45, 7) is 6.13. The fourth-order valence-electron chi connectivity index (χ4n) is 2.18. The summed E-state index contributed by atoms with van der Waals surface area (Å²) in [5.74, 6) is 0.356. The van der Waals surface area contributed by atoms with Gasteiger partial charge in [-0.25, -0.2) is 4.79 Å². The standard InChI is InChI=1S/C17H21N3O/c1-12(2)14-8-4-5-10-16(14)20-17(21)19-13(3)15-9-6-7-11-18-15/h4-13H,1-3H3,(H2,19,20,21)/t13-/m1/s1. The van der Waals surface area contributed by atoms with E-state index in [1.165, 1.54) is 0 Å². The number of rotatable bonds is 4. The number of urea groups is 1. The Kier molecular flexibility index (Phi) is 4.93. The van der Waals surface area contributed by atoms with Crippen molar-refractivity contribution in [3.05, 3.63) is 59.9 Å². The van der Waals surface area contributed by atoms with Crippen molar-refractivity contribution in [2.24, 2.45) is 0 Å². The molecule has 2 amide bonds. The van der Waals surface area contributed by atoms with Crippen LogP contribution in [0.1, 0.15) is 44.0 Å². The molecule has 0 aliphatic rings. The fourth-order valence-corrected chi connectivity index (χ4v) is 2.18. The Hall–Kier alpha value is -2.36. The zero-order chi connectivity index (χ0) is 15.2. The van der Waals surface area contributed by atoms with Gasteiger partial charge in [0.15, 0.2) is 0 Å². The highest BCUT2D eigenvalue weighted by Gasteiger charge is 2.12. The predicted octanol–water partition coefficient (Wildman–Crippen LogP) is 4.09. The molecule has 0 spiro atoms. The molecule has 1 heterocycles. The lowest BCUT2D eigenvalue weighted by atomic mass is 10.0. The Morgan fingerprint density at radius 3 is 2.43 bits per heavy atom. The number of aromatic nitrogens is 1. The molecule has 21 heavy (non-hydrogen) atoms. The number of nitrogens with one attached hydrogen (secondary N) is 2. The maximum atomic E-state index is 12.1. The number of nitrogens with zero attached hydrogens (tertiary/aromatic N) is 1. The number of carbonyl (C=O) groups excluding carboxylic acids is 1. The maximum Gasteiger partial charge on any atom is 0.319 e. The fraction of sp³-hybridized carbons (Fsp3) is 0.294. The molecule has 0 unspecified atom stereocenters. The van der Waals surface area contributed by atoms with Gasteiger partial charge in [0.2, 0.25) is 0 Å². The van der Waals surface area contributed by atoms with Crippen LogP contribution in [0.2, 0.25) is 0 Å². The topological polar surface area (TPSA) is 54.0 Å². The van der Waals surface area contributed by atoms with E-state index in [0.717, 1.165) is 16.9 Å². The first kappa shape index (κ1) is 15.0. The van der Waals surface area contributed by atoms with Crippen LogP contribution in [0.15, 0.2) is 48.7 Å². The molecular weight excluding hydrogens is 262 g/mol. The lowest BCUT2D eigenvalue weighted by Crippen LogP contribution is -2.31. The average Bonchev–Trinajstić information content (AvgIpc) is 2.48. The highest BCUT2D eigenvalue weighted by molar-refractivity contribution is 5.90. The molecule has 2 rings (SSSR count). The van der Waals surface area contributed by atoms with E-state index in [1.807, 2.05) is 49.4 Å². The van der Waals surface area contributed by atoms with Crippen molar-refractivity contribution in [1.82, 2.24) is 10.3 Å². The predicted molar refractivity (Wildman–Crippen MR) is 85.3 cm³/mol. The molecule has 1 aromatic carbocycles. The number of hydrogen-bond acceptors (Lipinski definition) is 2. The number of amides is 2. The van der Waals surface area contributed by atoms with Crippen LogP contribution in [-0.2, 0) is 0 Å². The maximum absolute atomic E-state index is 12.1. The van der Waals surface area contributed by atoms with Crippen LogP contribution in [0.3, 0.4) is 0 Å². The van der Waals surface area contributed by atoms with E-state index in [0.29, 0.717) is 5.92 Å². The van der Waals surface area contributed by atoms with E-state index in [9.17, 15) is 4.79 Å². The van der Waals surface area contributed by atoms with Crippen molar-refractivity contribution in [1.29, 1.82) is 0 Å². The SMILES string of the molecule is CC(C)c1ccccc1NC(=O)N[C@H](C)c1ccccn1. The van der Waals surface area contributed by atoms with Gasteiger partial charge in [-0.15, -0.1) is 0 Å². The van der Waals surface area contributed by atoms with E-state index in [-0.39, 0.29) is 12.1 Å². The normalized spacial score (nSPS) is 12.0. The summed E-state index contributed by atoms with van der Waals surface area (Å²) >= 11 is 0. The largest absolute Gasteiger partial charge is 0.330 e. The molecule has 0 bridgehead atoms. The monoisotopic (exact) mass is 283 g/mol. The van der Waals surface area contributed by atoms with Gasteiger partial charge in [0.1, 0.15) is 0 Å². The Balaban J connectivity index is 2.02. The number of hydrogen-bond donors (Lipinski definition) is 2. The number of anilines is 1. The number of para-hydroxylation sites is 1. The second-order valence-corrected chi connectivity index (χ2v) is 5.32. The Morgan fingerprint density at radius 1 is 1.05 bits per heavy atom. The number of carbonyl (C=O) groups is 1. The van der Waals surface area contributed by atoms with Crippen LogP contribution in [0.25, 0.3) is 0 Å². The molecule has 4 nitrogen and oxygen atoms in total. The molecule has 0 aliphatic carbocycles. The van der Waals surface area contributed by atoms with Crippen LogP contribution >= 0.6 is 0 Å². The van der Waals surface area contributed by atoms with Gasteiger partial charge in [-0.05, 0) is 36.6 Å². The summed E-state index contributed by atoms with van der Waals surface area (Å²) in [6, 6.07) is 13.1. The first-order valence-electron chi connectivity index (χ1n) is 7.15. The number of pyridine rings is 1. The van der Waals surface area contributed by atoms with E-state index >= 15 is 0 Å². The van der Waals surface area contributed by atoms with E-state index < -0.39 is 0 Å². The van der Waals surface area contributed by atoms with Gasteiger partial charge in [0.05, 0.1) is 11.7 Å². The molecule has 0 radical (unpaired) electrons. The molecule has 110 valence electrons. The molecule has 2 aromatic rings. The van der Waals surface area contributed by atoms with Gasteiger partial charge >= 0.3 is 6.03 Å². The van der Waals surface area contributed by atoms with Crippen LogP contribution < -0.4 is 10.6 Å². The third-order valence-electron chi connectivity index (χ3n) is 3.31. The Morgan fingerprint density at radius 2 is 1.76 bits per heavy atom. The summed E-state index contributed by atoms with van der Waals surface area (Å²) < 4.78 is 0. The minimum Gasteiger partial charge on any atom is -0.330 e. The minimum atomic E-state index is -0.221. The van der Waals surface area contributed by atoms with Crippen LogP contribution in [0.4, 0.5) is 10.5 Å². The van der Waals surface area contributed by atoms with E-state index in [1.54, 1.807) is 6.20 Å². The quantitative estimate of drug-likeness (QED) is 0.888. The highest BCUT2D eigenvalue weighted by Crippen LogP contribution is 2.23.